The Hall–Kier alpha value is -2.08. The average Bonchev–Trinajstić information content (AvgIpc) is 3.07. The van der Waals surface area contributed by atoms with Gasteiger partial charge in [-0.25, -0.2) is 0 Å². The first kappa shape index (κ1) is 19.2. The average molecular weight is 363 g/mol. The second-order valence-electron chi connectivity index (χ2n) is 5.99. The molecule has 0 spiro atoms. The zero-order chi connectivity index (χ0) is 16.9. The molecule has 3 N–H and O–H groups in total. The molecule has 5 nitrogen and oxygen atoms in total. The van der Waals surface area contributed by atoms with Crippen LogP contribution in [0.25, 0.3) is 11.1 Å². The second-order valence-corrected chi connectivity index (χ2v) is 5.99. The predicted octanol–water partition coefficient (Wildman–Crippen LogP) is 2.12. The van der Waals surface area contributed by atoms with Crippen molar-refractivity contribution in [3.63, 3.8) is 0 Å². The molecule has 1 aliphatic heterocycles. The van der Waals surface area contributed by atoms with E-state index in [2.05, 4.69) is 10.6 Å². The van der Waals surface area contributed by atoms with Gasteiger partial charge in [0.25, 0.3) is 0 Å². The van der Waals surface area contributed by atoms with Crippen molar-refractivity contribution in [2.75, 3.05) is 13.7 Å². The summed E-state index contributed by atoms with van der Waals surface area (Å²) in [5.41, 5.74) is 3.28. The minimum atomic E-state index is -0.426. The van der Waals surface area contributed by atoms with Gasteiger partial charge in [-0.1, -0.05) is 36.4 Å². The van der Waals surface area contributed by atoms with Crippen molar-refractivity contribution in [1.82, 2.24) is 10.6 Å². The van der Waals surface area contributed by atoms with Gasteiger partial charge in [-0.3, -0.25) is 4.79 Å². The Bertz CT molecular complexity index is 689. The molecule has 0 saturated carbocycles. The number of ether oxygens (including phenoxy) is 1. The first-order valence-corrected chi connectivity index (χ1v) is 8.08. The molecule has 134 valence electrons. The van der Waals surface area contributed by atoms with Crippen molar-refractivity contribution < 1.29 is 14.6 Å². The Morgan fingerprint density at radius 1 is 1.16 bits per heavy atom. The number of rotatable bonds is 5. The van der Waals surface area contributed by atoms with E-state index < -0.39 is 6.10 Å². The molecule has 0 aliphatic carbocycles. The number of carbonyl (C=O) groups excluding carboxylic acids is 1. The normalized spacial score (nSPS) is 19.1. The minimum absolute atomic E-state index is 0. The summed E-state index contributed by atoms with van der Waals surface area (Å²) < 4.78 is 5.17. The number of benzene rings is 2. The molecular weight excluding hydrogens is 340 g/mol. The van der Waals surface area contributed by atoms with Gasteiger partial charge in [-0.05, 0) is 35.2 Å². The predicted molar refractivity (Wildman–Crippen MR) is 99.9 cm³/mol. The Morgan fingerprint density at radius 2 is 1.76 bits per heavy atom. The number of aliphatic hydroxyl groups is 1. The Kier molecular flexibility index (Phi) is 6.82. The molecule has 2 aromatic rings. The van der Waals surface area contributed by atoms with E-state index in [9.17, 15) is 9.90 Å². The number of aliphatic hydroxyl groups excluding tert-OH is 1. The molecule has 2 unspecified atom stereocenters. The Balaban J connectivity index is 0.00000225. The molecule has 2 atom stereocenters. The van der Waals surface area contributed by atoms with Gasteiger partial charge in [0.15, 0.2) is 0 Å². The molecular formula is C19H23ClN2O3. The molecule has 0 aromatic heterocycles. The minimum Gasteiger partial charge on any atom is -0.497 e. The van der Waals surface area contributed by atoms with Crippen LogP contribution in [0.3, 0.4) is 0 Å². The van der Waals surface area contributed by atoms with Crippen LogP contribution < -0.4 is 15.4 Å². The first-order chi connectivity index (χ1) is 11.7. The monoisotopic (exact) mass is 362 g/mol. The molecule has 1 amide bonds. The van der Waals surface area contributed by atoms with Crippen LogP contribution in [0, 0.1) is 0 Å². The van der Waals surface area contributed by atoms with Crippen LogP contribution in [-0.2, 0) is 11.3 Å². The summed E-state index contributed by atoms with van der Waals surface area (Å²) in [5, 5.41) is 15.4. The summed E-state index contributed by atoms with van der Waals surface area (Å²) in [6.45, 7) is 0.963. The van der Waals surface area contributed by atoms with Crippen LogP contribution >= 0.6 is 12.4 Å². The van der Waals surface area contributed by atoms with Crippen molar-refractivity contribution in [1.29, 1.82) is 0 Å². The molecule has 1 fully saturated rings. The third-order valence-corrected chi connectivity index (χ3v) is 4.27. The quantitative estimate of drug-likeness (QED) is 0.762. The highest BCUT2D eigenvalue weighted by Gasteiger charge is 2.27. The van der Waals surface area contributed by atoms with Crippen molar-refractivity contribution >= 4 is 18.3 Å². The third-order valence-electron chi connectivity index (χ3n) is 4.27. The summed E-state index contributed by atoms with van der Waals surface area (Å²) in [5.74, 6) is 0.773. The Labute approximate surface area is 153 Å². The fraction of sp³-hybridized carbons (Fsp3) is 0.316. The van der Waals surface area contributed by atoms with Gasteiger partial charge in [0.2, 0.25) is 5.91 Å². The van der Waals surface area contributed by atoms with Crippen molar-refractivity contribution in [2.45, 2.75) is 25.1 Å². The van der Waals surface area contributed by atoms with Gasteiger partial charge < -0.3 is 20.5 Å². The fourth-order valence-corrected chi connectivity index (χ4v) is 2.83. The second kappa shape index (κ2) is 8.85. The summed E-state index contributed by atoms with van der Waals surface area (Å²) in [6, 6.07) is 15.7. The number of β-amino-alcohol motifs (C(OH)–C–C–N with tert-alkyl or cyclic N) is 1. The molecule has 1 aliphatic rings. The van der Waals surface area contributed by atoms with Gasteiger partial charge in [-0.15, -0.1) is 12.4 Å². The maximum atomic E-state index is 12.0. The van der Waals surface area contributed by atoms with E-state index in [0.29, 0.717) is 19.5 Å². The number of nitrogens with one attached hydrogen (secondary N) is 2. The van der Waals surface area contributed by atoms with E-state index in [0.717, 1.165) is 22.4 Å². The van der Waals surface area contributed by atoms with E-state index in [1.54, 1.807) is 7.11 Å². The highest BCUT2D eigenvalue weighted by atomic mass is 35.5. The standard InChI is InChI=1S/C19H22N2O3.ClH/c1-24-17-8-6-15(7-9-17)14-4-2-13(3-5-14)11-21-19(23)18-10-16(22)12-20-18;/h2-9,16,18,20,22H,10-12H2,1H3,(H,21,23);1H. The zero-order valence-electron chi connectivity index (χ0n) is 14.1. The van der Waals surface area contributed by atoms with Crippen LogP contribution in [0.15, 0.2) is 48.5 Å². The summed E-state index contributed by atoms with van der Waals surface area (Å²) in [6.07, 6.45) is 0.0481. The molecule has 25 heavy (non-hydrogen) atoms. The lowest BCUT2D eigenvalue weighted by Gasteiger charge is -2.11. The van der Waals surface area contributed by atoms with Gasteiger partial charge in [-0.2, -0.15) is 0 Å². The number of hydrogen-bond acceptors (Lipinski definition) is 4. The lowest BCUT2D eigenvalue weighted by Crippen LogP contribution is -2.39. The van der Waals surface area contributed by atoms with Crippen molar-refractivity contribution in [3.05, 3.63) is 54.1 Å². The fourth-order valence-electron chi connectivity index (χ4n) is 2.83. The van der Waals surface area contributed by atoms with E-state index in [1.807, 2.05) is 48.5 Å². The Morgan fingerprint density at radius 3 is 2.28 bits per heavy atom. The van der Waals surface area contributed by atoms with E-state index in [4.69, 9.17) is 4.74 Å². The maximum Gasteiger partial charge on any atom is 0.237 e. The summed E-state index contributed by atoms with van der Waals surface area (Å²) in [7, 11) is 1.65. The van der Waals surface area contributed by atoms with Crippen molar-refractivity contribution in [3.8, 4) is 16.9 Å². The lowest BCUT2D eigenvalue weighted by molar-refractivity contribution is -0.123. The SMILES string of the molecule is COc1ccc(-c2ccc(CNC(=O)C3CC(O)CN3)cc2)cc1.Cl. The number of methoxy groups -OCH3 is 1. The molecule has 1 heterocycles. The lowest BCUT2D eigenvalue weighted by atomic mass is 10.0. The van der Waals surface area contributed by atoms with Crippen molar-refractivity contribution in [2.24, 2.45) is 0 Å². The van der Waals surface area contributed by atoms with Crippen LogP contribution in [0.1, 0.15) is 12.0 Å². The number of amides is 1. The summed E-state index contributed by atoms with van der Waals surface area (Å²) >= 11 is 0. The molecule has 1 saturated heterocycles. The van der Waals surface area contributed by atoms with Crippen LogP contribution in [0.5, 0.6) is 5.75 Å². The van der Waals surface area contributed by atoms with Gasteiger partial charge in [0.1, 0.15) is 5.75 Å². The van der Waals surface area contributed by atoms with E-state index >= 15 is 0 Å². The zero-order valence-corrected chi connectivity index (χ0v) is 14.9. The number of hydrogen-bond donors (Lipinski definition) is 3. The highest BCUT2D eigenvalue weighted by Crippen LogP contribution is 2.22. The molecule has 0 radical (unpaired) electrons. The van der Waals surface area contributed by atoms with Crippen LogP contribution in [-0.4, -0.2) is 36.8 Å². The van der Waals surface area contributed by atoms with Crippen LogP contribution in [0.4, 0.5) is 0 Å². The summed E-state index contributed by atoms with van der Waals surface area (Å²) in [4.78, 5) is 12.0. The van der Waals surface area contributed by atoms with Gasteiger partial charge in [0, 0.05) is 13.1 Å². The topological polar surface area (TPSA) is 70.6 Å². The van der Waals surface area contributed by atoms with E-state index in [1.165, 1.54) is 0 Å². The highest BCUT2D eigenvalue weighted by molar-refractivity contribution is 5.85. The largest absolute Gasteiger partial charge is 0.497 e. The molecule has 6 heteroatoms. The molecule has 2 aromatic carbocycles. The van der Waals surface area contributed by atoms with Crippen LogP contribution in [0.2, 0.25) is 0 Å². The first-order valence-electron chi connectivity index (χ1n) is 8.08. The van der Waals surface area contributed by atoms with E-state index in [-0.39, 0.29) is 24.4 Å². The van der Waals surface area contributed by atoms with Gasteiger partial charge in [0.05, 0.1) is 19.3 Å². The number of halogens is 1. The maximum absolute atomic E-state index is 12.0. The molecule has 0 bridgehead atoms. The number of carbonyl (C=O) groups is 1. The molecule has 3 rings (SSSR count). The van der Waals surface area contributed by atoms with Gasteiger partial charge >= 0.3 is 0 Å². The smallest absolute Gasteiger partial charge is 0.237 e. The third kappa shape index (κ3) is 4.95.